The minimum Gasteiger partial charge on any atom is -0.326 e. The van der Waals surface area contributed by atoms with Gasteiger partial charge < -0.3 is 10.6 Å². The first kappa shape index (κ1) is 22.8. The van der Waals surface area contributed by atoms with E-state index in [-0.39, 0.29) is 11.2 Å². The molecular formula is C21H20ClFN4O3. The van der Waals surface area contributed by atoms with Crippen LogP contribution in [0.3, 0.4) is 0 Å². The summed E-state index contributed by atoms with van der Waals surface area (Å²) in [4.78, 5) is 35.4. The highest BCUT2D eigenvalue weighted by Gasteiger charge is 2.04. The molecule has 9 heteroatoms. The maximum atomic E-state index is 13.5. The van der Waals surface area contributed by atoms with Gasteiger partial charge in [-0.25, -0.2) is 9.37 Å². The van der Waals surface area contributed by atoms with Gasteiger partial charge in [-0.15, -0.1) is 0 Å². The van der Waals surface area contributed by atoms with Gasteiger partial charge in [0.1, 0.15) is 11.6 Å². The first-order chi connectivity index (χ1) is 14.5. The number of aromatic nitrogens is 2. The molecule has 1 aromatic carbocycles. The lowest BCUT2D eigenvalue weighted by molar-refractivity contribution is -0.106. The normalized spacial score (nSPS) is 11.0. The summed E-state index contributed by atoms with van der Waals surface area (Å²) in [5, 5.41) is 5.16. The van der Waals surface area contributed by atoms with E-state index in [2.05, 4.69) is 15.6 Å². The van der Waals surface area contributed by atoms with Crippen LogP contribution < -0.4 is 16.2 Å². The Morgan fingerprint density at radius 3 is 2.27 bits per heavy atom. The lowest BCUT2D eigenvalue weighted by atomic mass is 10.2. The van der Waals surface area contributed by atoms with Gasteiger partial charge in [0.2, 0.25) is 12.8 Å². The summed E-state index contributed by atoms with van der Waals surface area (Å²) in [5.41, 5.74) is 0.236. The van der Waals surface area contributed by atoms with Crippen molar-refractivity contribution in [1.29, 1.82) is 0 Å². The highest BCUT2D eigenvalue weighted by atomic mass is 35.5. The monoisotopic (exact) mass is 430 g/mol. The molecule has 0 spiro atoms. The fourth-order valence-corrected chi connectivity index (χ4v) is 2.11. The van der Waals surface area contributed by atoms with E-state index in [9.17, 15) is 18.8 Å². The van der Waals surface area contributed by atoms with Crippen LogP contribution in [0.4, 0.5) is 15.9 Å². The van der Waals surface area contributed by atoms with Crippen molar-refractivity contribution in [3.63, 3.8) is 0 Å². The summed E-state index contributed by atoms with van der Waals surface area (Å²) in [6.45, 7) is 0. The Morgan fingerprint density at radius 2 is 1.73 bits per heavy atom. The quantitative estimate of drug-likeness (QED) is 0.598. The summed E-state index contributed by atoms with van der Waals surface area (Å²) >= 11 is 5.53. The lowest BCUT2D eigenvalue weighted by Crippen LogP contribution is -2.15. The number of anilines is 2. The number of carbonyl (C=O) groups excluding carboxylic acids is 2. The van der Waals surface area contributed by atoms with Crippen LogP contribution in [0.2, 0.25) is 5.02 Å². The van der Waals surface area contributed by atoms with Gasteiger partial charge in [0, 0.05) is 24.5 Å². The summed E-state index contributed by atoms with van der Waals surface area (Å²) in [6, 6.07) is 12.1. The number of amides is 2. The molecule has 0 bridgehead atoms. The molecule has 7 nitrogen and oxygen atoms in total. The number of pyridine rings is 2. The summed E-state index contributed by atoms with van der Waals surface area (Å²) in [6.07, 6.45) is 8.47. The van der Waals surface area contributed by atoms with E-state index in [1.807, 2.05) is 0 Å². The molecule has 4 rings (SSSR count). The topological polar surface area (TPSA) is 93.1 Å². The van der Waals surface area contributed by atoms with Gasteiger partial charge in [-0.05, 0) is 30.3 Å². The molecule has 0 aliphatic heterocycles. The molecule has 1 aliphatic carbocycles. The molecule has 30 heavy (non-hydrogen) atoms. The van der Waals surface area contributed by atoms with Gasteiger partial charge >= 0.3 is 0 Å². The van der Waals surface area contributed by atoms with Crippen LogP contribution in [0.5, 0.6) is 0 Å². The summed E-state index contributed by atoms with van der Waals surface area (Å²) in [7, 11) is 0. The molecule has 0 radical (unpaired) electrons. The summed E-state index contributed by atoms with van der Waals surface area (Å²) < 4.78 is 14.8. The first-order valence-corrected chi connectivity index (χ1v) is 9.42. The molecule has 1 aliphatic rings. The van der Waals surface area contributed by atoms with E-state index in [1.165, 1.54) is 48.2 Å². The van der Waals surface area contributed by atoms with Crippen molar-refractivity contribution in [2.75, 3.05) is 10.6 Å². The molecule has 2 aromatic heterocycles. The lowest BCUT2D eigenvalue weighted by Gasteiger charge is -2.07. The molecule has 2 N–H and O–H groups in total. The standard InChI is InChI=1S/C12H9FN2O2.C6H5ClN2O.C3H6/c13-10-7-9(4-5-11(10)14-8-16)15-6-2-1-3-12(15)17;7-5-1-2-6(8-3-5)9-4-10;1-2-3-1/h1-8H,(H,14,16);1-4H,(H,8,9,10);1-3H2. The zero-order valence-electron chi connectivity index (χ0n) is 15.9. The highest BCUT2D eigenvalue weighted by molar-refractivity contribution is 6.30. The number of nitrogens with one attached hydrogen (secondary N) is 2. The van der Waals surface area contributed by atoms with E-state index in [4.69, 9.17) is 11.6 Å². The van der Waals surface area contributed by atoms with Crippen molar-refractivity contribution in [2.45, 2.75) is 19.3 Å². The minimum atomic E-state index is -0.592. The van der Waals surface area contributed by atoms with Gasteiger partial charge in [-0.2, -0.15) is 0 Å². The third-order valence-corrected chi connectivity index (χ3v) is 3.78. The smallest absolute Gasteiger partial charge is 0.255 e. The van der Waals surface area contributed by atoms with Crippen LogP contribution in [-0.2, 0) is 9.59 Å². The molecule has 0 atom stereocenters. The number of halogens is 2. The second kappa shape index (κ2) is 12.1. The number of carbonyl (C=O) groups is 2. The third-order valence-electron chi connectivity index (χ3n) is 3.56. The summed E-state index contributed by atoms with van der Waals surface area (Å²) in [5.74, 6) is -0.0928. The zero-order chi connectivity index (χ0) is 21.8. The fourth-order valence-electron chi connectivity index (χ4n) is 2.00. The van der Waals surface area contributed by atoms with Crippen molar-refractivity contribution < 1.29 is 14.0 Å². The average molecular weight is 431 g/mol. The van der Waals surface area contributed by atoms with Crippen LogP contribution in [0.1, 0.15) is 19.3 Å². The van der Waals surface area contributed by atoms with Gasteiger partial charge in [-0.1, -0.05) is 36.9 Å². The van der Waals surface area contributed by atoms with Gasteiger partial charge in [-0.3, -0.25) is 19.0 Å². The second-order valence-electron chi connectivity index (χ2n) is 6.02. The third kappa shape index (κ3) is 7.84. The maximum Gasteiger partial charge on any atom is 0.255 e. The van der Waals surface area contributed by atoms with E-state index < -0.39 is 5.82 Å². The number of benzene rings is 1. The average Bonchev–Trinajstić information content (AvgIpc) is 3.62. The Hall–Kier alpha value is -3.52. The van der Waals surface area contributed by atoms with Crippen molar-refractivity contribution in [3.05, 3.63) is 82.1 Å². The van der Waals surface area contributed by atoms with Crippen LogP contribution in [0.15, 0.2) is 65.7 Å². The molecule has 0 saturated heterocycles. The molecule has 156 valence electrons. The van der Waals surface area contributed by atoms with Crippen molar-refractivity contribution in [2.24, 2.45) is 0 Å². The minimum absolute atomic E-state index is 0.0766. The van der Waals surface area contributed by atoms with Crippen molar-refractivity contribution in [3.8, 4) is 5.69 Å². The number of hydrogen-bond acceptors (Lipinski definition) is 4. The van der Waals surface area contributed by atoms with Crippen molar-refractivity contribution >= 4 is 35.9 Å². The predicted octanol–water partition coefficient (Wildman–Crippen LogP) is 4.02. The Bertz CT molecular complexity index is 1020. The molecule has 2 amide bonds. The van der Waals surface area contributed by atoms with E-state index in [1.54, 1.807) is 36.5 Å². The molecule has 1 saturated carbocycles. The number of hydrogen-bond donors (Lipinski definition) is 2. The van der Waals surface area contributed by atoms with Gasteiger partial charge in [0.25, 0.3) is 5.56 Å². The van der Waals surface area contributed by atoms with E-state index >= 15 is 0 Å². The Morgan fingerprint density at radius 1 is 1.00 bits per heavy atom. The van der Waals surface area contributed by atoms with Crippen LogP contribution in [-0.4, -0.2) is 22.4 Å². The Labute approximate surface area is 177 Å². The van der Waals surface area contributed by atoms with E-state index in [0.29, 0.717) is 29.3 Å². The molecule has 1 fully saturated rings. The van der Waals surface area contributed by atoms with Crippen LogP contribution in [0.25, 0.3) is 5.69 Å². The predicted molar refractivity (Wildman–Crippen MR) is 114 cm³/mol. The SMILES string of the molecule is C1CC1.O=CNc1ccc(-n2ccccc2=O)cc1F.O=CNc1ccc(Cl)cn1. The second-order valence-corrected chi connectivity index (χ2v) is 6.46. The molecular weight excluding hydrogens is 411 g/mol. The van der Waals surface area contributed by atoms with Crippen LogP contribution in [0, 0.1) is 5.82 Å². The number of nitrogens with zero attached hydrogens (tertiary/aromatic N) is 2. The van der Waals surface area contributed by atoms with Crippen LogP contribution >= 0.6 is 11.6 Å². The Balaban J connectivity index is 0.000000206. The molecule has 2 heterocycles. The molecule has 0 unspecified atom stereocenters. The first-order valence-electron chi connectivity index (χ1n) is 9.04. The van der Waals surface area contributed by atoms with Gasteiger partial charge in [0.05, 0.1) is 16.4 Å². The number of rotatable bonds is 5. The van der Waals surface area contributed by atoms with Gasteiger partial charge in [0.15, 0.2) is 0 Å². The fraction of sp³-hybridized carbons (Fsp3) is 0.143. The highest BCUT2D eigenvalue weighted by Crippen LogP contribution is 2.17. The van der Waals surface area contributed by atoms with E-state index in [0.717, 1.165) is 0 Å². The molecule has 3 aromatic rings. The largest absolute Gasteiger partial charge is 0.326 e. The maximum absolute atomic E-state index is 13.5. The Kier molecular flexibility index (Phi) is 9.20. The zero-order valence-corrected chi connectivity index (χ0v) is 16.7. The van der Waals surface area contributed by atoms with Crippen molar-refractivity contribution in [1.82, 2.24) is 9.55 Å².